The summed E-state index contributed by atoms with van der Waals surface area (Å²) in [6.45, 7) is 0.719. The van der Waals surface area contributed by atoms with Crippen molar-refractivity contribution in [2.45, 2.75) is 49.1 Å². The van der Waals surface area contributed by atoms with E-state index in [9.17, 15) is 13.2 Å². The Balaban J connectivity index is 1.39. The van der Waals surface area contributed by atoms with Crippen LogP contribution >= 0.6 is 0 Å². The predicted octanol–water partition coefficient (Wildman–Crippen LogP) is 3.55. The van der Waals surface area contributed by atoms with Gasteiger partial charge in [0.15, 0.2) is 17.6 Å². The zero-order valence-electron chi connectivity index (χ0n) is 18.6. The van der Waals surface area contributed by atoms with Crippen LogP contribution in [0, 0.1) is 0 Å². The molecule has 8 heteroatoms. The molecule has 2 aromatic carbocycles. The Bertz CT molecular complexity index is 1050. The lowest BCUT2D eigenvalue weighted by molar-refractivity contribution is 0.0521. The Morgan fingerprint density at radius 2 is 1.62 bits per heavy atom. The molecule has 1 amide bonds. The van der Waals surface area contributed by atoms with Crippen molar-refractivity contribution in [1.82, 2.24) is 9.21 Å². The van der Waals surface area contributed by atoms with Crippen LogP contribution < -0.4 is 9.47 Å². The van der Waals surface area contributed by atoms with Gasteiger partial charge < -0.3 is 14.4 Å². The molecule has 1 unspecified atom stereocenters. The van der Waals surface area contributed by atoms with Crippen LogP contribution in [0.2, 0.25) is 0 Å². The minimum atomic E-state index is -3.58. The van der Waals surface area contributed by atoms with Gasteiger partial charge in [-0.2, -0.15) is 4.31 Å². The molecule has 0 bridgehead atoms. The number of carbonyl (C=O) groups is 1. The molecule has 0 radical (unpaired) electrons. The van der Waals surface area contributed by atoms with E-state index in [2.05, 4.69) is 0 Å². The summed E-state index contributed by atoms with van der Waals surface area (Å²) in [7, 11) is -0.223. The van der Waals surface area contributed by atoms with Gasteiger partial charge in [0.25, 0.3) is 5.91 Å². The third-order valence-corrected chi connectivity index (χ3v) is 8.18. The number of benzene rings is 2. The summed E-state index contributed by atoms with van der Waals surface area (Å²) in [6.07, 6.45) is 4.81. The summed E-state index contributed by atoms with van der Waals surface area (Å²) in [6, 6.07) is 13.7. The monoisotopic (exact) mass is 458 g/mol. The standard InChI is InChI=1S/C24H30N2O5S/c1-25(16-20-17-30-22-10-6-7-11-23(22)31-20)24(27)18-12-14-21(15-13-18)32(28,29)26(2)19-8-4-3-5-9-19/h6-7,10-15,19-20H,3-5,8-9,16-17H2,1-2H3. The molecule has 2 aliphatic rings. The highest BCUT2D eigenvalue weighted by molar-refractivity contribution is 7.89. The van der Waals surface area contributed by atoms with E-state index in [1.165, 1.54) is 22.9 Å². The van der Waals surface area contributed by atoms with Crippen LogP contribution in [-0.4, -0.2) is 62.9 Å². The summed E-state index contributed by atoms with van der Waals surface area (Å²) < 4.78 is 39.2. The number of sulfonamides is 1. The van der Waals surface area contributed by atoms with Gasteiger partial charge in [0.05, 0.1) is 11.4 Å². The fourth-order valence-corrected chi connectivity index (χ4v) is 5.75. The normalized spacial score (nSPS) is 19.0. The number of amides is 1. The number of rotatable bonds is 6. The molecule has 0 aromatic heterocycles. The first-order valence-electron chi connectivity index (χ1n) is 11.1. The molecular formula is C24H30N2O5S. The molecule has 1 heterocycles. The van der Waals surface area contributed by atoms with Gasteiger partial charge in [0.2, 0.25) is 10.0 Å². The first-order chi connectivity index (χ1) is 15.4. The number of nitrogens with zero attached hydrogens (tertiary/aromatic N) is 2. The molecule has 1 aliphatic carbocycles. The number of hydrogen-bond acceptors (Lipinski definition) is 5. The molecule has 0 N–H and O–H groups in total. The Morgan fingerprint density at radius 3 is 2.31 bits per heavy atom. The lowest BCUT2D eigenvalue weighted by Gasteiger charge is -2.30. The Hall–Kier alpha value is -2.58. The van der Waals surface area contributed by atoms with E-state index in [-0.39, 0.29) is 22.9 Å². The molecule has 2 aromatic rings. The first kappa shape index (κ1) is 22.6. The molecule has 172 valence electrons. The van der Waals surface area contributed by atoms with Crippen LogP contribution in [0.25, 0.3) is 0 Å². The van der Waals surface area contributed by atoms with Crippen molar-refractivity contribution in [2.24, 2.45) is 0 Å². The molecule has 0 spiro atoms. The number of para-hydroxylation sites is 2. The smallest absolute Gasteiger partial charge is 0.253 e. The van der Waals surface area contributed by atoms with Crippen molar-refractivity contribution in [3.8, 4) is 11.5 Å². The Morgan fingerprint density at radius 1 is 0.969 bits per heavy atom. The van der Waals surface area contributed by atoms with Crippen molar-refractivity contribution in [2.75, 3.05) is 27.2 Å². The molecule has 1 atom stereocenters. The number of likely N-dealkylation sites (N-methyl/N-ethyl adjacent to an activating group) is 1. The highest BCUT2D eigenvalue weighted by Crippen LogP contribution is 2.31. The molecule has 0 saturated heterocycles. The lowest BCUT2D eigenvalue weighted by atomic mass is 9.96. The van der Waals surface area contributed by atoms with Crippen LogP contribution in [0.15, 0.2) is 53.4 Å². The van der Waals surface area contributed by atoms with Gasteiger partial charge in [-0.1, -0.05) is 31.4 Å². The van der Waals surface area contributed by atoms with Crippen molar-refractivity contribution in [3.63, 3.8) is 0 Å². The third-order valence-electron chi connectivity index (χ3n) is 6.26. The fraction of sp³-hybridized carbons (Fsp3) is 0.458. The number of ether oxygens (including phenoxy) is 2. The summed E-state index contributed by atoms with van der Waals surface area (Å²) in [5.74, 6) is 1.17. The molecule has 1 saturated carbocycles. The zero-order valence-corrected chi connectivity index (χ0v) is 19.4. The number of carbonyl (C=O) groups excluding carboxylic acids is 1. The van der Waals surface area contributed by atoms with Gasteiger partial charge in [0, 0.05) is 25.7 Å². The summed E-state index contributed by atoms with van der Waals surface area (Å²) in [5.41, 5.74) is 0.434. The Kier molecular flexibility index (Phi) is 6.71. The molecule has 1 fully saturated rings. The quantitative estimate of drug-likeness (QED) is 0.662. The van der Waals surface area contributed by atoms with Crippen molar-refractivity contribution in [3.05, 3.63) is 54.1 Å². The average molecular weight is 459 g/mol. The summed E-state index contributed by atoms with van der Waals surface area (Å²) >= 11 is 0. The number of hydrogen-bond donors (Lipinski definition) is 0. The second-order valence-corrected chi connectivity index (χ2v) is 10.5. The first-order valence-corrected chi connectivity index (χ1v) is 12.5. The van der Waals surface area contributed by atoms with Gasteiger partial charge >= 0.3 is 0 Å². The van der Waals surface area contributed by atoms with E-state index in [1.54, 1.807) is 31.1 Å². The van der Waals surface area contributed by atoms with Crippen LogP contribution in [-0.2, 0) is 10.0 Å². The maximum atomic E-state index is 13.0. The van der Waals surface area contributed by atoms with Crippen molar-refractivity contribution >= 4 is 15.9 Å². The molecule has 7 nitrogen and oxygen atoms in total. The van der Waals surface area contributed by atoms with Gasteiger partial charge in [-0.3, -0.25) is 4.79 Å². The van der Waals surface area contributed by atoms with E-state index in [1.807, 2.05) is 24.3 Å². The second-order valence-electron chi connectivity index (χ2n) is 8.52. The SMILES string of the molecule is CN(CC1COc2ccccc2O1)C(=O)c1ccc(S(=O)(=O)N(C)C2CCCCC2)cc1. The van der Waals surface area contributed by atoms with Crippen molar-refractivity contribution in [1.29, 1.82) is 0 Å². The highest BCUT2D eigenvalue weighted by atomic mass is 32.2. The van der Waals surface area contributed by atoms with Gasteiger partial charge in [0.1, 0.15) is 6.61 Å². The zero-order chi connectivity index (χ0) is 22.7. The van der Waals surface area contributed by atoms with Crippen LogP contribution in [0.1, 0.15) is 42.5 Å². The average Bonchev–Trinajstić information content (AvgIpc) is 2.83. The van der Waals surface area contributed by atoms with Gasteiger partial charge in [-0.05, 0) is 49.2 Å². The van der Waals surface area contributed by atoms with Crippen LogP contribution in [0.3, 0.4) is 0 Å². The largest absolute Gasteiger partial charge is 0.486 e. The van der Waals surface area contributed by atoms with E-state index in [4.69, 9.17) is 9.47 Å². The predicted molar refractivity (Wildman–Crippen MR) is 122 cm³/mol. The molecular weight excluding hydrogens is 428 g/mol. The second kappa shape index (κ2) is 9.50. The van der Waals surface area contributed by atoms with Gasteiger partial charge in [-0.25, -0.2) is 8.42 Å². The lowest BCUT2D eigenvalue weighted by Crippen LogP contribution is -2.41. The molecule has 1 aliphatic heterocycles. The summed E-state index contributed by atoms with van der Waals surface area (Å²) in [4.78, 5) is 14.7. The third kappa shape index (κ3) is 4.76. The van der Waals surface area contributed by atoms with E-state index >= 15 is 0 Å². The summed E-state index contributed by atoms with van der Waals surface area (Å²) in [5, 5.41) is 0. The van der Waals surface area contributed by atoms with Crippen molar-refractivity contribution < 1.29 is 22.7 Å². The maximum absolute atomic E-state index is 13.0. The van der Waals surface area contributed by atoms with E-state index in [0.717, 1.165) is 25.7 Å². The molecule has 32 heavy (non-hydrogen) atoms. The minimum absolute atomic E-state index is 0.0454. The highest BCUT2D eigenvalue weighted by Gasteiger charge is 2.29. The Labute approximate surface area is 190 Å². The van der Waals surface area contributed by atoms with E-state index < -0.39 is 10.0 Å². The minimum Gasteiger partial charge on any atom is -0.486 e. The topological polar surface area (TPSA) is 76.1 Å². The molecule has 4 rings (SSSR count). The van der Waals surface area contributed by atoms with Crippen LogP contribution in [0.4, 0.5) is 0 Å². The maximum Gasteiger partial charge on any atom is 0.253 e. The van der Waals surface area contributed by atoms with Gasteiger partial charge in [-0.15, -0.1) is 0 Å². The van der Waals surface area contributed by atoms with E-state index in [0.29, 0.717) is 30.2 Å². The fourth-order valence-electron chi connectivity index (χ4n) is 4.34. The van der Waals surface area contributed by atoms with Crippen LogP contribution in [0.5, 0.6) is 11.5 Å². The number of fused-ring (bicyclic) bond motifs is 1.